The number of hydrogen-bond donors (Lipinski definition) is 0. The Kier molecular flexibility index (Phi) is 5.64. The molecule has 6 nitrogen and oxygen atoms in total. The minimum Gasteiger partial charge on any atom is -0.367 e. The molecule has 0 saturated carbocycles. The minimum absolute atomic E-state index is 0.115. The summed E-state index contributed by atoms with van der Waals surface area (Å²) in [6, 6.07) is 11.8. The van der Waals surface area contributed by atoms with Crippen LogP contribution in [0.25, 0.3) is 0 Å². The van der Waals surface area contributed by atoms with Crippen LogP contribution in [-0.2, 0) is 26.8 Å². The van der Waals surface area contributed by atoms with Crippen LogP contribution in [0, 0.1) is 0 Å². The van der Waals surface area contributed by atoms with Gasteiger partial charge in [-0.2, -0.15) is 4.31 Å². The maximum atomic E-state index is 13.1. The number of fused-ring (bicyclic) bond motifs is 2. The molecule has 2 aliphatic rings. The Labute approximate surface area is 179 Å². The Morgan fingerprint density at radius 1 is 1.10 bits per heavy atom. The summed E-state index contributed by atoms with van der Waals surface area (Å²) in [7, 11) is -3.58. The van der Waals surface area contributed by atoms with Gasteiger partial charge in [-0.3, -0.25) is 0 Å². The number of sulfonamides is 1. The standard InChI is InChI=1S/C23H31N3O3S/c1-17(2)26(18(3)4)30(27,28)20-9-10-22(24-15-20)25-13-14-29-23(16-25)12-11-19-7-5-6-8-21(19)23/h5-10,15,17-18H,11-14,16H2,1-4H3. The zero-order chi connectivity index (χ0) is 21.5. The molecule has 2 heterocycles. The lowest BCUT2D eigenvalue weighted by atomic mass is 9.93. The van der Waals surface area contributed by atoms with Gasteiger partial charge in [0.15, 0.2) is 0 Å². The summed E-state index contributed by atoms with van der Waals surface area (Å²) in [6.45, 7) is 9.68. The number of aryl methyl sites for hydroxylation is 1. The number of benzene rings is 1. The first-order valence-corrected chi connectivity index (χ1v) is 12.2. The van der Waals surface area contributed by atoms with Crippen molar-refractivity contribution in [2.45, 2.75) is 63.1 Å². The third-order valence-electron chi connectivity index (χ3n) is 6.13. The monoisotopic (exact) mass is 429 g/mol. The van der Waals surface area contributed by atoms with Crippen LogP contribution in [0.15, 0.2) is 47.5 Å². The second kappa shape index (κ2) is 7.94. The van der Waals surface area contributed by atoms with Crippen molar-refractivity contribution < 1.29 is 13.2 Å². The van der Waals surface area contributed by atoms with E-state index in [1.165, 1.54) is 21.6 Å². The predicted molar refractivity (Wildman–Crippen MR) is 118 cm³/mol. The minimum atomic E-state index is -3.58. The van der Waals surface area contributed by atoms with Gasteiger partial charge in [0.05, 0.1) is 13.2 Å². The van der Waals surface area contributed by atoms with Crippen molar-refractivity contribution >= 4 is 15.8 Å². The first kappa shape index (κ1) is 21.3. The molecule has 30 heavy (non-hydrogen) atoms. The fourth-order valence-electron chi connectivity index (χ4n) is 4.93. The van der Waals surface area contributed by atoms with Crippen molar-refractivity contribution in [3.63, 3.8) is 0 Å². The van der Waals surface area contributed by atoms with Gasteiger partial charge in [0, 0.05) is 24.8 Å². The topological polar surface area (TPSA) is 62.7 Å². The number of hydrogen-bond acceptors (Lipinski definition) is 5. The molecule has 162 valence electrons. The van der Waals surface area contributed by atoms with Gasteiger partial charge in [-0.05, 0) is 63.8 Å². The number of nitrogens with zero attached hydrogens (tertiary/aromatic N) is 3. The first-order valence-electron chi connectivity index (χ1n) is 10.7. The van der Waals surface area contributed by atoms with Gasteiger partial charge in [0.25, 0.3) is 0 Å². The van der Waals surface area contributed by atoms with E-state index in [2.05, 4.69) is 34.1 Å². The molecule has 0 radical (unpaired) electrons. The molecule has 1 aliphatic carbocycles. The van der Waals surface area contributed by atoms with Gasteiger partial charge in [0.2, 0.25) is 10.0 Å². The van der Waals surface area contributed by atoms with Gasteiger partial charge in [-0.15, -0.1) is 0 Å². The summed E-state index contributed by atoms with van der Waals surface area (Å²) in [6.07, 6.45) is 3.48. The van der Waals surface area contributed by atoms with E-state index in [9.17, 15) is 8.42 Å². The van der Waals surface area contributed by atoms with Crippen LogP contribution in [-0.4, -0.2) is 49.5 Å². The molecule has 1 saturated heterocycles. The SMILES string of the molecule is CC(C)N(C(C)C)S(=O)(=O)c1ccc(N2CCOC3(CCc4ccccc43)C2)nc1. The molecular weight excluding hydrogens is 398 g/mol. The Bertz CT molecular complexity index is 993. The molecule has 1 atom stereocenters. The van der Waals surface area contributed by atoms with Gasteiger partial charge < -0.3 is 9.64 Å². The fourth-order valence-corrected chi connectivity index (χ4v) is 6.71. The molecule has 0 N–H and O–H groups in total. The van der Waals surface area contributed by atoms with E-state index in [0.29, 0.717) is 6.61 Å². The molecule has 1 unspecified atom stereocenters. The Balaban J connectivity index is 1.58. The van der Waals surface area contributed by atoms with Crippen molar-refractivity contribution in [3.05, 3.63) is 53.7 Å². The summed E-state index contributed by atoms with van der Waals surface area (Å²) in [5.41, 5.74) is 2.34. The molecule has 1 aliphatic heterocycles. The van der Waals surface area contributed by atoms with E-state index in [0.717, 1.165) is 31.7 Å². The van der Waals surface area contributed by atoms with Crippen molar-refractivity contribution in [2.24, 2.45) is 0 Å². The zero-order valence-electron chi connectivity index (χ0n) is 18.2. The molecule has 2 aromatic rings. The summed E-state index contributed by atoms with van der Waals surface area (Å²) in [5, 5.41) is 0. The molecule has 1 fully saturated rings. The molecule has 1 aromatic heterocycles. The Morgan fingerprint density at radius 3 is 2.50 bits per heavy atom. The number of rotatable bonds is 5. The average Bonchev–Trinajstić information content (AvgIpc) is 3.05. The lowest BCUT2D eigenvalue weighted by Crippen LogP contribution is -2.49. The van der Waals surface area contributed by atoms with Crippen LogP contribution in [0.2, 0.25) is 0 Å². The van der Waals surface area contributed by atoms with Crippen molar-refractivity contribution in [2.75, 3.05) is 24.6 Å². The van der Waals surface area contributed by atoms with Gasteiger partial charge in [-0.25, -0.2) is 13.4 Å². The highest BCUT2D eigenvalue weighted by atomic mass is 32.2. The van der Waals surface area contributed by atoms with Crippen LogP contribution >= 0.6 is 0 Å². The Hall–Kier alpha value is -1.96. The van der Waals surface area contributed by atoms with Crippen LogP contribution in [0.4, 0.5) is 5.82 Å². The summed E-state index contributed by atoms with van der Waals surface area (Å²) < 4.78 is 34.0. The number of morpholine rings is 1. The van der Waals surface area contributed by atoms with Gasteiger partial charge in [0.1, 0.15) is 16.3 Å². The van der Waals surface area contributed by atoms with Crippen LogP contribution < -0.4 is 4.90 Å². The van der Waals surface area contributed by atoms with Crippen molar-refractivity contribution in [1.29, 1.82) is 0 Å². The van der Waals surface area contributed by atoms with Gasteiger partial charge >= 0.3 is 0 Å². The van der Waals surface area contributed by atoms with Crippen LogP contribution in [0.5, 0.6) is 0 Å². The third kappa shape index (κ3) is 3.63. The largest absolute Gasteiger partial charge is 0.367 e. The highest BCUT2D eigenvalue weighted by Gasteiger charge is 2.43. The molecular formula is C23H31N3O3S. The molecule has 4 rings (SSSR count). The van der Waals surface area contributed by atoms with Crippen molar-refractivity contribution in [3.8, 4) is 0 Å². The average molecular weight is 430 g/mol. The third-order valence-corrected chi connectivity index (χ3v) is 8.37. The van der Waals surface area contributed by atoms with Gasteiger partial charge in [-0.1, -0.05) is 24.3 Å². The summed E-state index contributed by atoms with van der Waals surface area (Å²) >= 11 is 0. The summed E-state index contributed by atoms with van der Waals surface area (Å²) in [5.74, 6) is 0.793. The van der Waals surface area contributed by atoms with Crippen molar-refractivity contribution in [1.82, 2.24) is 9.29 Å². The maximum absolute atomic E-state index is 13.1. The highest BCUT2D eigenvalue weighted by molar-refractivity contribution is 7.89. The number of anilines is 1. The molecule has 7 heteroatoms. The molecule has 1 aromatic carbocycles. The molecule has 1 spiro atoms. The highest BCUT2D eigenvalue weighted by Crippen LogP contribution is 2.42. The number of ether oxygens (including phenoxy) is 1. The molecule has 0 amide bonds. The van der Waals surface area contributed by atoms with E-state index in [-0.39, 0.29) is 22.6 Å². The lowest BCUT2D eigenvalue weighted by molar-refractivity contribution is -0.0594. The van der Waals surface area contributed by atoms with E-state index in [4.69, 9.17) is 4.74 Å². The Morgan fingerprint density at radius 2 is 1.83 bits per heavy atom. The number of aromatic nitrogens is 1. The lowest BCUT2D eigenvalue weighted by Gasteiger charge is -2.41. The smallest absolute Gasteiger partial charge is 0.245 e. The number of pyridine rings is 1. The first-order chi connectivity index (χ1) is 14.2. The van der Waals surface area contributed by atoms with Crippen LogP contribution in [0.3, 0.4) is 0 Å². The zero-order valence-corrected chi connectivity index (χ0v) is 19.0. The van der Waals surface area contributed by atoms with E-state index in [1.54, 1.807) is 6.07 Å². The normalized spacial score (nSPS) is 21.8. The predicted octanol–water partition coefficient (Wildman–Crippen LogP) is 3.57. The second-order valence-corrected chi connectivity index (χ2v) is 10.6. The van der Waals surface area contributed by atoms with Crippen LogP contribution in [0.1, 0.15) is 45.2 Å². The van der Waals surface area contributed by atoms with E-state index >= 15 is 0 Å². The maximum Gasteiger partial charge on any atom is 0.245 e. The fraction of sp³-hybridized carbons (Fsp3) is 0.522. The summed E-state index contributed by atoms with van der Waals surface area (Å²) in [4.78, 5) is 7.00. The quantitative estimate of drug-likeness (QED) is 0.727. The van der Waals surface area contributed by atoms with E-state index in [1.807, 2.05) is 33.8 Å². The second-order valence-electron chi connectivity index (χ2n) is 8.80. The van der Waals surface area contributed by atoms with E-state index < -0.39 is 10.0 Å². The molecule has 0 bridgehead atoms.